The van der Waals surface area contributed by atoms with Crippen LogP contribution in [0.2, 0.25) is 0 Å². The molecule has 1 heterocycles. The van der Waals surface area contributed by atoms with E-state index in [2.05, 4.69) is 17.9 Å². The van der Waals surface area contributed by atoms with Crippen molar-refractivity contribution in [3.63, 3.8) is 0 Å². The van der Waals surface area contributed by atoms with Crippen LogP contribution in [0.4, 0.5) is 5.69 Å². The molecule has 80 valence electrons. The average molecular weight is 221 g/mol. The second kappa shape index (κ2) is 3.01. The van der Waals surface area contributed by atoms with Crippen molar-refractivity contribution in [1.82, 2.24) is 0 Å². The van der Waals surface area contributed by atoms with Gasteiger partial charge in [0.1, 0.15) is 4.75 Å². The Morgan fingerprint density at radius 1 is 1.27 bits per heavy atom. The number of anilines is 1. The lowest BCUT2D eigenvalue weighted by Crippen LogP contribution is -2.41. The van der Waals surface area contributed by atoms with Crippen molar-refractivity contribution in [2.45, 2.75) is 25.5 Å². The molecule has 1 aliphatic heterocycles. The van der Waals surface area contributed by atoms with E-state index in [9.17, 15) is 4.79 Å². The third-order valence-corrected chi connectivity index (χ3v) is 4.09. The highest BCUT2D eigenvalue weighted by atomic mass is 32.1. The van der Waals surface area contributed by atoms with E-state index in [1.54, 1.807) is 0 Å². The average Bonchev–Trinajstić information content (AvgIpc) is 2.40. The Hall–Kier alpha value is -0.960. The van der Waals surface area contributed by atoms with Gasteiger partial charge in [0.2, 0.25) is 5.91 Å². The summed E-state index contributed by atoms with van der Waals surface area (Å²) in [6, 6.07) is 7.74. The number of benzene rings is 1. The van der Waals surface area contributed by atoms with Crippen LogP contribution in [0, 0.1) is 5.41 Å². The maximum absolute atomic E-state index is 12.0. The molecule has 0 aliphatic carbocycles. The van der Waals surface area contributed by atoms with Gasteiger partial charge in [-0.3, -0.25) is 4.79 Å². The molecule has 2 rings (SSSR count). The van der Waals surface area contributed by atoms with Gasteiger partial charge >= 0.3 is 0 Å². The highest BCUT2D eigenvalue weighted by Gasteiger charge is 2.51. The van der Waals surface area contributed by atoms with Crippen molar-refractivity contribution in [3.8, 4) is 0 Å². The fourth-order valence-corrected chi connectivity index (χ4v) is 2.24. The molecule has 15 heavy (non-hydrogen) atoms. The van der Waals surface area contributed by atoms with Crippen LogP contribution >= 0.6 is 12.6 Å². The molecule has 0 saturated heterocycles. The molecule has 0 saturated carbocycles. The fraction of sp³-hybridized carbons (Fsp3) is 0.417. The van der Waals surface area contributed by atoms with E-state index in [-0.39, 0.29) is 11.3 Å². The Morgan fingerprint density at radius 2 is 1.87 bits per heavy atom. The third kappa shape index (κ3) is 1.29. The van der Waals surface area contributed by atoms with Crippen molar-refractivity contribution >= 4 is 24.2 Å². The van der Waals surface area contributed by atoms with Crippen molar-refractivity contribution in [3.05, 3.63) is 29.8 Å². The van der Waals surface area contributed by atoms with Crippen LogP contribution in [0.25, 0.3) is 0 Å². The first-order valence-electron chi connectivity index (χ1n) is 5.01. The van der Waals surface area contributed by atoms with Gasteiger partial charge < -0.3 is 5.32 Å². The summed E-state index contributed by atoms with van der Waals surface area (Å²) in [6.45, 7) is 6.09. The Balaban J connectivity index is 2.65. The van der Waals surface area contributed by atoms with Crippen molar-refractivity contribution < 1.29 is 4.79 Å². The molecule has 3 heteroatoms. The maximum Gasteiger partial charge on any atom is 0.245 e. The third-order valence-electron chi connectivity index (χ3n) is 2.98. The molecule has 1 aromatic carbocycles. The summed E-state index contributed by atoms with van der Waals surface area (Å²) < 4.78 is -0.733. The molecule has 0 radical (unpaired) electrons. The molecule has 1 amide bonds. The number of nitrogens with one attached hydrogen (secondary N) is 1. The summed E-state index contributed by atoms with van der Waals surface area (Å²) in [5.74, 6) is -0.0282. The zero-order valence-electron chi connectivity index (χ0n) is 9.16. The van der Waals surface area contributed by atoms with E-state index in [1.165, 1.54) is 0 Å². The number of amides is 1. The van der Waals surface area contributed by atoms with Crippen LogP contribution in [0.3, 0.4) is 0 Å². The first kappa shape index (κ1) is 10.6. The molecule has 1 aromatic rings. The monoisotopic (exact) mass is 221 g/mol. The fourth-order valence-electron chi connectivity index (χ4n) is 1.99. The van der Waals surface area contributed by atoms with Crippen molar-refractivity contribution in [2.75, 3.05) is 5.32 Å². The number of hydrogen-bond donors (Lipinski definition) is 2. The topological polar surface area (TPSA) is 29.1 Å². The van der Waals surface area contributed by atoms with Gasteiger partial charge in [-0.15, -0.1) is 0 Å². The highest BCUT2D eigenvalue weighted by molar-refractivity contribution is 7.82. The van der Waals surface area contributed by atoms with Gasteiger partial charge in [0.15, 0.2) is 0 Å². The zero-order chi connectivity index (χ0) is 11.3. The van der Waals surface area contributed by atoms with Crippen molar-refractivity contribution in [2.24, 2.45) is 5.41 Å². The molecule has 0 spiro atoms. The van der Waals surface area contributed by atoms with Crippen LogP contribution in [0.1, 0.15) is 26.3 Å². The molecule has 1 unspecified atom stereocenters. The first-order valence-corrected chi connectivity index (χ1v) is 5.45. The van der Waals surface area contributed by atoms with Crippen LogP contribution in [-0.2, 0) is 9.54 Å². The van der Waals surface area contributed by atoms with E-state index >= 15 is 0 Å². The first-order chi connectivity index (χ1) is 6.87. The van der Waals surface area contributed by atoms with E-state index in [4.69, 9.17) is 0 Å². The smallest absolute Gasteiger partial charge is 0.245 e. The number of carbonyl (C=O) groups excluding carboxylic acids is 1. The van der Waals surface area contributed by atoms with Gasteiger partial charge in [0.25, 0.3) is 0 Å². The second-order valence-electron chi connectivity index (χ2n) is 4.96. The molecule has 1 N–H and O–H groups in total. The van der Waals surface area contributed by atoms with Crippen LogP contribution in [-0.4, -0.2) is 5.91 Å². The van der Waals surface area contributed by atoms with Gasteiger partial charge in [0, 0.05) is 11.3 Å². The minimum absolute atomic E-state index is 0.0282. The van der Waals surface area contributed by atoms with Crippen molar-refractivity contribution in [1.29, 1.82) is 0 Å². The highest BCUT2D eigenvalue weighted by Crippen LogP contribution is 2.51. The SMILES string of the molecule is CC(C)(C)C1(S)C(=O)Nc2ccccc21. The number of carbonyl (C=O) groups is 1. The number of fused-ring (bicyclic) bond motifs is 1. The molecular formula is C12H15NOS. The van der Waals surface area contributed by atoms with Gasteiger partial charge in [0.05, 0.1) is 0 Å². The standard InChI is InChI=1S/C12H15NOS/c1-11(2,3)12(15)8-6-4-5-7-9(8)13-10(12)14/h4-7,15H,1-3H3,(H,13,14). The van der Waals surface area contributed by atoms with Gasteiger partial charge in [-0.25, -0.2) is 0 Å². The molecule has 2 nitrogen and oxygen atoms in total. The zero-order valence-corrected chi connectivity index (χ0v) is 10.1. The quantitative estimate of drug-likeness (QED) is 0.648. The Kier molecular flexibility index (Phi) is 2.12. The van der Waals surface area contributed by atoms with Crippen LogP contribution < -0.4 is 5.32 Å². The maximum atomic E-state index is 12.0. The molecule has 1 atom stereocenters. The summed E-state index contributed by atoms with van der Waals surface area (Å²) in [7, 11) is 0. The number of hydrogen-bond acceptors (Lipinski definition) is 2. The Labute approximate surface area is 95.5 Å². The summed E-state index contributed by atoms with van der Waals surface area (Å²) in [4.78, 5) is 12.0. The predicted octanol–water partition coefficient (Wildman–Crippen LogP) is 2.81. The number of para-hydroxylation sites is 1. The Bertz CT molecular complexity index is 422. The van der Waals surface area contributed by atoms with E-state index < -0.39 is 4.75 Å². The minimum atomic E-state index is -0.733. The normalized spacial score (nSPS) is 24.9. The van der Waals surface area contributed by atoms with E-state index in [1.807, 2.05) is 45.0 Å². The molecule has 0 fully saturated rings. The molecule has 1 aliphatic rings. The van der Waals surface area contributed by atoms with E-state index in [0.29, 0.717) is 0 Å². The summed E-state index contributed by atoms with van der Waals surface area (Å²) in [5.41, 5.74) is 1.64. The number of thiol groups is 1. The molecule has 0 bridgehead atoms. The molecule has 0 aromatic heterocycles. The van der Waals surface area contributed by atoms with Gasteiger partial charge in [-0.2, -0.15) is 12.6 Å². The van der Waals surface area contributed by atoms with Gasteiger partial charge in [-0.1, -0.05) is 39.0 Å². The van der Waals surface area contributed by atoms with Gasteiger partial charge in [-0.05, 0) is 11.5 Å². The number of rotatable bonds is 0. The van der Waals surface area contributed by atoms with E-state index in [0.717, 1.165) is 11.3 Å². The second-order valence-corrected chi connectivity index (χ2v) is 5.63. The lowest BCUT2D eigenvalue weighted by atomic mass is 9.76. The lowest BCUT2D eigenvalue weighted by molar-refractivity contribution is -0.120. The van der Waals surface area contributed by atoms with Crippen LogP contribution in [0.5, 0.6) is 0 Å². The van der Waals surface area contributed by atoms with Crippen LogP contribution in [0.15, 0.2) is 24.3 Å². The lowest BCUT2D eigenvalue weighted by Gasteiger charge is -2.35. The molecular weight excluding hydrogens is 206 g/mol. The summed E-state index contributed by atoms with van der Waals surface area (Å²) in [5, 5.41) is 2.88. The summed E-state index contributed by atoms with van der Waals surface area (Å²) >= 11 is 4.62. The summed E-state index contributed by atoms with van der Waals surface area (Å²) in [6.07, 6.45) is 0. The minimum Gasteiger partial charge on any atom is -0.324 e. The Morgan fingerprint density at radius 3 is 2.47 bits per heavy atom. The predicted molar refractivity (Wildman–Crippen MR) is 65.2 cm³/mol. The largest absolute Gasteiger partial charge is 0.324 e.